The SMILES string of the molecule is COC(=O)CN(c1cccc(OC)c1)S(=O)(=O)c1cccs1. The van der Waals surface area contributed by atoms with E-state index in [-0.39, 0.29) is 4.21 Å². The first kappa shape index (κ1) is 16.3. The molecule has 0 N–H and O–H groups in total. The van der Waals surface area contributed by atoms with Gasteiger partial charge in [-0.25, -0.2) is 8.42 Å². The van der Waals surface area contributed by atoms with Crippen LogP contribution in [0.5, 0.6) is 5.75 Å². The Kier molecular flexibility index (Phi) is 5.04. The Morgan fingerprint density at radius 3 is 2.59 bits per heavy atom. The van der Waals surface area contributed by atoms with Crippen molar-refractivity contribution in [2.24, 2.45) is 0 Å². The van der Waals surface area contributed by atoms with Crippen LogP contribution in [0.1, 0.15) is 0 Å². The monoisotopic (exact) mass is 341 g/mol. The summed E-state index contributed by atoms with van der Waals surface area (Å²) in [5.74, 6) is -0.156. The van der Waals surface area contributed by atoms with Crippen LogP contribution >= 0.6 is 11.3 Å². The number of hydrogen-bond donors (Lipinski definition) is 0. The highest BCUT2D eigenvalue weighted by Crippen LogP contribution is 2.28. The van der Waals surface area contributed by atoms with Gasteiger partial charge in [-0.15, -0.1) is 11.3 Å². The summed E-state index contributed by atoms with van der Waals surface area (Å²) in [6, 6.07) is 9.62. The van der Waals surface area contributed by atoms with E-state index in [9.17, 15) is 13.2 Å². The minimum atomic E-state index is -3.85. The summed E-state index contributed by atoms with van der Waals surface area (Å²) in [5, 5.41) is 1.66. The van der Waals surface area contributed by atoms with Crippen molar-refractivity contribution in [2.75, 3.05) is 25.1 Å². The second-order valence-corrected chi connectivity index (χ2v) is 7.26. The fourth-order valence-corrected chi connectivity index (χ4v) is 4.29. The Morgan fingerprint density at radius 1 is 1.23 bits per heavy atom. The Morgan fingerprint density at radius 2 is 2.00 bits per heavy atom. The van der Waals surface area contributed by atoms with Crippen LogP contribution in [0, 0.1) is 0 Å². The summed E-state index contributed by atoms with van der Waals surface area (Å²) in [6.45, 7) is -0.413. The molecule has 8 heteroatoms. The number of methoxy groups -OCH3 is 2. The van der Waals surface area contributed by atoms with Crippen molar-refractivity contribution in [1.29, 1.82) is 0 Å². The highest BCUT2D eigenvalue weighted by Gasteiger charge is 2.28. The molecule has 0 amide bonds. The molecule has 0 atom stereocenters. The van der Waals surface area contributed by atoms with E-state index < -0.39 is 22.5 Å². The molecule has 0 saturated heterocycles. The Hall–Kier alpha value is -2.06. The fourth-order valence-electron chi connectivity index (χ4n) is 1.78. The third-order valence-corrected chi connectivity index (χ3v) is 6.03. The van der Waals surface area contributed by atoms with Crippen molar-refractivity contribution in [1.82, 2.24) is 0 Å². The van der Waals surface area contributed by atoms with Gasteiger partial charge in [0.15, 0.2) is 0 Å². The lowest BCUT2D eigenvalue weighted by Crippen LogP contribution is -2.35. The second kappa shape index (κ2) is 6.80. The largest absolute Gasteiger partial charge is 0.497 e. The van der Waals surface area contributed by atoms with Crippen LogP contribution in [0.2, 0.25) is 0 Å². The number of nitrogens with zero attached hydrogens (tertiary/aromatic N) is 1. The number of anilines is 1. The number of hydrogen-bond acceptors (Lipinski definition) is 6. The van der Waals surface area contributed by atoms with E-state index in [1.54, 1.807) is 35.7 Å². The summed E-state index contributed by atoms with van der Waals surface area (Å²) in [7, 11) is -1.15. The van der Waals surface area contributed by atoms with Crippen LogP contribution in [-0.4, -0.2) is 35.2 Å². The maximum absolute atomic E-state index is 12.7. The van der Waals surface area contributed by atoms with Crippen molar-refractivity contribution in [2.45, 2.75) is 4.21 Å². The van der Waals surface area contributed by atoms with Crippen LogP contribution in [0.3, 0.4) is 0 Å². The standard InChI is InChI=1S/C14H15NO5S2/c1-19-12-6-3-5-11(9-12)15(10-13(16)20-2)22(17,18)14-7-4-8-21-14/h3-9H,10H2,1-2H3. The number of sulfonamides is 1. The lowest BCUT2D eigenvalue weighted by atomic mass is 10.3. The predicted molar refractivity (Wildman–Crippen MR) is 83.9 cm³/mol. The van der Waals surface area contributed by atoms with E-state index in [0.717, 1.165) is 15.6 Å². The molecule has 0 aliphatic carbocycles. The predicted octanol–water partition coefficient (Wildman–Crippen LogP) is 2.12. The first-order valence-electron chi connectivity index (χ1n) is 6.26. The van der Waals surface area contributed by atoms with E-state index in [2.05, 4.69) is 4.74 Å². The van der Waals surface area contributed by atoms with Gasteiger partial charge < -0.3 is 9.47 Å². The number of ether oxygens (including phenoxy) is 2. The highest BCUT2D eigenvalue weighted by atomic mass is 32.2. The maximum Gasteiger partial charge on any atom is 0.326 e. The lowest BCUT2D eigenvalue weighted by Gasteiger charge is -2.22. The summed E-state index contributed by atoms with van der Waals surface area (Å²) < 4.78 is 36.3. The molecule has 2 rings (SSSR count). The molecule has 0 saturated carbocycles. The van der Waals surface area contributed by atoms with Gasteiger partial charge in [-0.2, -0.15) is 0 Å². The third kappa shape index (κ3) is 3.40. The smallest absolute Gasteiger partial charge is 0.326 e. The van der Waals surface area contributed by atoms with Crippen molar-refractivity contribution in [3.05, 3.63) is 41.8 Å². The molecular weight excluding hydrogens is 326 g/mol. The Labute approximate surface area is 132 Å². The highest BCUT2D eigenvalue weighted by molar-refractivity contribution is 7.94. The zero-order valence-corrected chi connectivity index (χ0v) is 13.7. The lowest BCUT2D eigenvalue weighted by molar-refractivity contribution is -0.138. The van der Waals surface area contributed by atoms with Crippen LogP contribution in [0.15, 0.2) is 46.0 Å². The molecule has 0 fully saturated rings. The molecular formula is C14H15NO5S2. The van der Waals surface area contributed by atoms with E-state index in [0.29, 0.717) is 11.4 Å². The number of benzene rings is 1. The molecule has 1 aromatic carbocycles. The average molecular weight is 341 g/mol. The molecule has 2 aromatic rings. The molecule has 0 spiro atoms. The summed E-state index contributed by atoms with van der Waals surface area (Å²) in [6.07, 6.45) is 0. The Bertz CT molecular complexity index is 740. The van der Waals surface area contributed by atoms with Gasteiger partial charge >= 0.3 is 5.97 Å². The summed E-state index contributed by atoms with van der Waals surface area (Å²) >= 11 is 1.08. The summed E-state index contributed by atoms with van der Waals surface area (Å²) in [4.78, 5) is 11.6. The average Bonchev–Trinajstić information content (AvgIpc) is 3.07. The number of rotatable bonds is 6. The van der Waals surface area contributed by atoms with E-state index >= 15 is 0 Å². The first-order chi connectivity index (χ1) is 10.5. The van der Waals surface area contributed by atoms with Gasteiger partial charge in [0.2, 0.25) is 0 Å². The molecule has 0 aliphatic heterocycles. The van der Waals surface area contributed by atoms with Crippen LogP contribution in [-0.2, 0) is 19.6 Å². The minimum absolute atomic E-state index is 0.152. The molecule has 118 valence electrons. The van der Waals surface area contributed by atoms with Crippen LogP contribution < -0.4 is 9.04 Å². The zero-order valence-electron chi connectivity index (χ0n) is 12.1. The van der Waals surface area contributed by atoms with Crippen LogP contribution in [0.4, 0.5) is 5.69 Å². The molecule has 0 bridgehead atoms. The van der Waals surface area contributed by atoms with Crippen molar-refractivity contribution in [3.8, 4) is 5.75 Å². The number of carbonyl (C=O) groups excluding carboxylic acids is 1. The molecule has 1 aromatic heterocycles. The van der Waals surface area contributed by atoms with Gasteiger partial charge in [-0.3, -0.25) is 9.10 Å². The van der Waals surface area contributed by atoms with Gasteiger partial charge in [0.25, 0.3) is 10.0 Å². The molecule has 0 unspecified atom stereocenters. The van der Waals surface area contributed by atoms with Gasteiger partial charge in [-0.1, -0.05) is 12.1 Å². The summed E-state index contributed by atoms with van der Waals surface area (Å²) in [5.41, 5.74) is 0.332. The maximum atomic E-state index is 12.7. The van der Waals surface area contributed by atoms with Gasteiger partial charge in [0.05, 0.1) is 19.9 Å². The van der Waals surface area contributed by atoms with E-state index in [4.69, 9.17) is 4.74 Å². The van der Waals surface area contributed by atoms with E-state index in [1.807, 2.05) is 0 Å². The van der Waals surface area contributed by atoms with Crippen molar-refractivity contribution >= 4 is 33.0 Å². The van der Waals surface area contributed by atoms with Gasteiger partial charge in [0.1, 0.15) is 16.5 Å². The normalized spacial score (nSPS) is 11.0. The van der Waals surface area contributed by atoms with Gasteiger partial charge in [-0.05, 0) is 23.6 Å². The molecule has 22 heavy (non-hydrogen) atoms. The minimum Gasteiger partial charge on any atom is -0.497 e. The van der Waals surface area contributed by atoms with Crippen molar-refractivity contribution in [3.63, 3.8) is 0 Å². The second-order valence-electron chi connectivity index (χ2n) is 4.22. The molecule has 0 radical (unpaired) electrons. The molecule has 0 aliphatic rings. The zero-order chi connectivity index (χ0) is 16.2. The topological polar surface area (TPSA) is 72.9 Å². The molecule has 6 nitrogen and oxygen atoms in total. The fraction of sp³-hybridized carbons (Fsp3) is 0.214. The Balaban J connectivity index is 2.49. The number of esters is 1. The first-order valence-corrected chi connectivity index (χ1v) is 8.58. The van der Waals surface area contributed by atoms with Crippen molar-refractivity contribution < 1.29 is 22.7 Å². The van der Waals surface area contributed by atoms with E-state index in [1.165, 1.54) is 20.3 Å². The van der Waals surface area contributed by atoms with Crippen LogP contribution in [0.25, 0.3) is 0 Å². The number of thiophene rings is 1. The number of carbonyl (C=O) groups is 1. The third-order valence-electron chi connectivity index (χ3n) is 2.88. The quantitative estimate of drug-likeness (QED) is 0.753. The molecule has 1 heterocycles. The van der Waals surface area contributed by atoms with Gasteiger partial charge in [0, 0.05) is 6.07 Å².